The molecule has 0 fully saturated rings. The number of aryl methyl sites for hydroxylation is 2. The fraction of sp³-hybridized carbons (Fsp3) is 0.235. The molecule has 41 heavy (non-hydrogen) atoms. The summed E-state index contributed by atoms with van der Waals surface area (Å²) in [7, 11) is 0. The molecule has 0 N–H and O–H groups in total. The van der Waals surface area contributed by atoms with E-state index in [1.54, 1.807) is 18.2 Å². The summed E-state index contributed by atoms with van der Waals surface area (Å²) >= 11 is 0. The minimum Gasteiger partial charge on any atom is -0.454 e. The van der Waals surface area contributed by atoms with E-state index in [4.69, 9.17) is 9.47 Å². The van der Waals surface area contributed by atoms with Crippen LogP contribution in [0.5, 0.6) is 0 Å². The third-order valence-electron chi connectivity index (χ3n) is 7.66. The Morgan fingerprint density at radius 1 is 0.659 bits per heavy atom. The summed E-state index contributed by atoms with van der Waals surface area (Å²) in [6.07, 6.45) is -6.55. The lowest BCUT2D eigenvalue weighted by atomic mass is 9.70. The molecule has 0 radical (unpaired) electrons. The van der Waals surface area contributed by atoms with Gasteiger partial charge in [-0.15, -0.1) is 0 Å². The first-order chi connectivity index (χ1) is 19.5. The quantitative estimate of drug-likeness (QED) is 0.233. The first-order valence-corrected chi connectivity index (χ1v) is 13.3. The molecule has 0 spiro atoms. The number of hydrogen-bond donors (Lipinski definition) is 0. The van der Waals surface area contributed by atoms with E-state index in [1.807, 2.05) is 75.4 Å². The molecule has 4 aromatic rings. The summed E-state index contributed by atoms with van der Waals surface area (Å²) in [5.74, 6) is -2.41. The second kappa shape index (κ2) is 11.2. The highest BCUT2D eigenvalue weighted by Crippen LogP contribution is 2.46. The highest BCUT2D eigenvalue weighted by atomic mass is 19.4. The number of carbonyl (C=O) groups is 2. The summed E-state index contributed by atoms with van der Waals surface area (Å²) in [4.78, 5) is 26.9. The molecule has 0 aliphatic heterocycles. The van der Waals surface area contributed by atoms with Crippen LogP contribution >= 0.6 is 0 Å². The van der Waals surface area contributed by atoms with Crippen LogP contribution in [0.1, 0.15) is 72.9 Å². The van der Waals surface area contributed by atoms with E-state index >= 15 is 0 Å². The Balaban J connectivity index is 1.61. The molecule has 2 unspecified atom stereocenters. The minimum absolute atomic E-state index is 0.234. The van der Waals surface area contributed by atoms with Gasteiger partial charge in [0.25, 0.3) is 0 Å². The van der Waals surface area contributed by atoms with Crippen LogP contribution in [0.4, 0.5) is 13.2 Å². The van der Waals surface area contributed by atoms with E-state index in [9.17, 15) is 22.8 Å². The molecule has 1 aliphatic rings. The maximum atomic E-state index is 13.5. The van der Waals surface area contributed by atoms with E-state index in [1.165, 1.54) is 12.1 Å². The fourth-order valence-corrected chi connectivity index (χ4v) is 5.60. The van der Waals surface area contributed by atoms with Gasteiger partial charge in [0, 0.05) is 5.92 Å². The van der Waals surface area contributed by atoms with Crippen molar-refractivity contribution in [3.63, 3.8) is 0 Å². The first kappa shape index (κ1) is 28.1. The zero-order valence-electron chi connectivity index (χ0n) is 22.8. The van der Waals surface area contributed by atoms with Crippen molar-refractivity contribution >= 4 is 11.9 Å². The summed E-state index contributed by atoms with van der Waals surface area (Å²) in [6.45, 7) is 5.69. The summed E-state index contributed by atoms with van der Waals surface area (Å²) < 4.78 is 52.3. The highest BCUT2D eigenvalue weighted by molar-refractivity contribution is 5.91. The number of hydrogen-bond acceptors (Lipinski definition) is 4. The predicted molar refractivity (Wildman–Crippen MR) is 149 cm³/mol. The number of ether oxygens (including phenoxy) is 2. The van der Waals surface area contributed by atoms with Gasteiger partial charge in [0.15, 0.2) is 6.10 Å². The lowest BCUT2D eigenvalue weighted by Crippen LogP contribution is -2.46. The van der Waals surface area contributed by atoms with Gasteiger partial charge < -0.3 is 9.47 Å². The zero-order valence-corrected chi connectivity index (χ0v) is 22.8. The van der Waals surface area contributed by atoms with Crippen molar-refractivity contribution in [1.82, 2.24) is 0 Å². The second-order valence-corrected chi connectivity index (χ2v) is 10.4. The largest absolute Gasteiger partial charge is 0.454 e. The van der Waals surface area contributed by atoms with Crippen LogP contribution < -0.4 is 0 Å². The van der Waals surface area contributed by atoms with Gasteiger partial charge in [-0.1, -0.05) is 79.2 Å². The molecule has 210 valence electrons. The van der Waals surface area contributed by atoms with Gasteiger partial charge >= 0.3 is 18.1 Å². The van der Waals surface area contributed by atoms with Gasteiger partial charge in [-0.2, -0.15) is 13.2 Å². The van der Waals surface area contributed by atoms with Crippen LogP contribution in [-0.2, 0) is 15.7 Å². The average Bonchev–Trinajstić information content (AvgIpc) is 2.95. The lowest BCUT2D eigenvalue weighted by Gasteiger charge is -2.42. The molecule has 0 aromatic heterocycles. The monoisotopic (exact) mass is 558 g/mol. The van der Waals surface area contributed by atoms with Crippen molar-refractivity contribution in [3.8, 4) is 0 Å². The molecule has 5 rings (SSSR count). The first-order valence-electron chi connectivity index (χ1n) is 13.3. The highest BCUT2D eigenvalue weighted by Gasteiger charge is 2.47. The average molecular weight is 559 g/mol. The smallest absolute Gasteiger partial charge is 0.416 e. The van der Waals surface area contributed by atoms with Crippen LogP contribution in [0, 0.1) is 13.8 Å². The number of alkyl halides is 3. The van der Waals surface area contributed by atoms with E-state index in [0.717, 1.165) is 39.9 Å². The van der Waals surface area contributed by atoms with Crippen LogP contribution in [0.25, 0.3) is 0 Å². The molecule has 1 aliphatic carbocycles. The van der Waals surface area contributed by atoms with E-state index in [0.29, 0.717) is 5.56 Å². The Bertz CT molecular complexity index is 1590. The molecule has 0 saturated heterocycles. The number of halogens is 3. The third kappa shape index (κ3) is 5.75. The molecule has 4 nitrogen and oxygen atoms in total. The number of carbonyl (C=O) groups excluding carboxylic acids is 2. The SMILES string of the molecule is Cc1cccc(C(=O)OC2C(OC(=O)c3cccc(C(F)(F)F)c3)[C@@H](C)c3ccccc3[C@@H]2c2ccccc2C)c1. The standard InChI is InChI=1S/C34H29F3O4/c1-20-10-8-12-23(18-20)32(38)41-31-29(26-15-5-4-11-21(26)2)28-17-7-6-16-27(28)22(3)30(31)40-33(39)24-13-9-14-25(19-24)34(35,36)37/h4-19,22,29-31H,1-3H3/t22-,29-,30?,31?/m0/s1. The van der Waals surface area contributed by atoms with Gasteiger partial charge in [-0.25, -0.2) is 9.59 Å². The van der Waals surface area contributed by atoms with Gasteiger partial charge in [-0.05, 0) is 66.4 Å². The topological polar surface area (TPSA) is 52.6 Å². The van der Waals surface area contributed by atoms with Crippen molar-refractivity contribution < 1.29 is 32.2 Å². The van der Waals surface area contributed by atoms with Crippen molar-refractivity contribution in [2.45, 2.75) is 51.0 Å². The van der Waals surface area contributed by atoms with Crippen LogP contribution in [0.2, 0.25) is 0 Å². The lowest BCUT2D eigenvalue weighted by molar-refractivity contribution is -0.137. The minimum atomic E-state index is -4.62. The predicted octanol–water partition coefficient (Wildman–Crippen LogP) is 8.02. The number of rotatable bonds is 5. The number of fused-ring (bicyclic) bond motifs is 1. The fourth-order valence-electron chi connectivity index (χ4n) is 5.60. The summed E-state index contributed by atoms with van der Waals surface area (Å²) in [6, 6.07) is 26.5. The summed E-state index contributed by atoms with van der Waals surface area (Å²) in [5.41, 5.74) is 3.74. The molecule has 0 amide bonds. The Labute approximate surface area is 236 Å². The molecule has 4 atom stereocenters. The Hall–Kier alpha value is -4.39. The van der Waals surface area contributed by atoms with Gasteiger partial charge in [-0.3, -0.25) is 0 Å². The van der Waals surface area contributed by atoms with Crippen molar-refractivity contribution in [3.05, 3.63) is 142 Å². The van der Waals surface area contributed by atoms with E-state index in [2.05, 4.69) is 0 Å². The maximum absolute atomic E-state index is 13.5. The van der Waals surface area contributed by atoms with Gasteiger partial charge in [0.1, 0.15) is 6.10 Å². The normalized spacial score (nSPS) is 20.1. The Morgan fingerprint density at radius 2 is 1.22 bits per heavy atom. The number of benzene rings is 4. The molecule has 4 aromatic carbocycles. The molecule has 0 saturated carbocycles. The molecular weight excluding hydrogens is 529 g/mol. The van der Waals surface area contributed by atoms with Crippen molar-refractivity contribution in [2.75, 3.05) is 0 Å². The molecular formula is C34H29F3O4. The van der Waals surface area contributed by atoms with Gasteiger partial charge in [0.05, 0.1) is 22.6 Å². The van der Waals surface area contributed by atoms with Crippen LogP contribution in [0.3, 0.4) is 0 Å². The molecule has 0 heterocycles. The summed E-state index contributed by atoms with van der Waals surface area (Å²) in [5, 5.41) is 0. The molecule has 7 heteroatoms. The van der Waals surface area contributed by atoms with E-state index < -0.39 is 47.7 Å². The van der Waals surface area contributed by atoms with Crippen molar-refractivity contribution in [1.29, 1.82) is 0 Å². The maximum Gasteiger partial charge on any atom is 0.416 e. The Kier molecular flexibility index (Phi) is 7.72. The van der Waals surface area contributed by atoms with Gasteiger partial charge in [0.2, 0.25) is 0 Å². The van der Waals surface area contributed by atoms with Crippen molar-refractivity contribution in [2.24, 2.45) is 0 Å². The Morgan fingerprint density at radius 3 is 1.85 bits per heavy atom. The van der Waals surface area contributed by atoms with Crippen LogP contribution in [0.15, 0.2) is 97.1 Å². The third-order valence-corrected chi connectivity index (χ3v) is 7.66. The van der Waals surface area contributed by atoms with Crippen LogP contribution in [-0.4, -0.2) is 24.1 Å². The van der Waals surface area contributed by atoms with E-state index in [-0.39, 0.29) is 5.56 Å². The number of esters is 2. The molecule has 0 bridgehead atoms. The zero-order chi connectivity index (χ0) is 29.3. The second-order valence-electron chi connectivity index (χ2n) is 10.4.